The molecule has 1 aliphatic carbocycles. The number of rotatable bonds is 4. The van der Waals surface area contributed by atoms with Crippen LogP contribution >= 0.6 is 27.3 Å². The quantitative estimate of drug-likeness (QED) is 0.479. The van der Waals surface area contributed by atoms with Gasteiger partial charge in [0, 0.05) is 16.6 Å². The zero-order valence-electron chi connectivity index (χ0n) is 17.9. The number of fused-ring (bicyclic) bond motifs is 1. The average molecular weight is 497 g/mol. The largest absolute Gasteiger partial charge is 0.312 e. The Kier molecular flexibility index (Phi) is 6.05. The molecular formula is C24H25BrN4OS. The highest BCUT2D eigenvalue weighted by Crippen LogP contribution is 2.44. The minimum Gasteiger partial charge on any atom is -0.312 e. The van der Waals surface area contributed by atoms with E-state index in [0.717, 1.165) is 34.9 Å². The summed E-state index contributed by atoms with van der Waals surface area (Å²) < 4.78 is 2.77. The highest BCUT2D eigenvalue weighted by Gasteiger charge is 2.32. The lowest BCUT2D eigenvalue weighted by Crippen LogP contribution is -2.26. The van der Waals surface area contributed by atoms with Crippen molar-refractivity contribution in [2.45, 2.75) is 46.6 Å². The van der Waals surface area contributed by atoms with Crippen molar-refractivity contribution in [2.75, 3.05) is 5.32 Å². The van der Waals surface area contributed by atoms with E-state index < -0.39 is 0 Å². The lowest BCUT2D eigenvalue weighted by Gasteiger charge is -2.33. The van der Waals surface area contributed by atoms with Gasteiger partial charge in [0.1, 0.15) is 11.1 Å². The molecule has 1 aromatic carbocycles. The molecule has 1 atom stereocenters. The number of aromatic nitrogens is 2. The Labute approximate surface area is 195 Å². The maximum Gasteiger partial charge on any atom is 0.256 e. The van der Waals surface area contributed by atoms with E-state index in [-0.39, 0.29) is 11.3 Å². The van der Waals surface area contributed by atoms with Gasteiger partial charge in [0.05, 0.1) is 22.8 Å². The molecule has 0 saturated carbocycles. The van der Waals surface area contributed by atoms with Crippen LogP contribution in [0.5, 0.6) is 0 Å². The van der Waals surface area contributed by atoms with Crippen molar-refractivity contribution in [3.05, 3.63) is 68.3 Å². The van der Waals surface area contributed by atoms with E-state index in [1.165, 1.54) is 4.88 Å². The maximum absolute atomic E-state index is 12.9. The first-order valence-corrected chi connectivity index (χ1v) is 12.0. The number of hydrogen-bond acceptors (Lipinski definition) is 4. The summed E-state index contributed by atoms with van der Waals surface area (Å²) >= 11 is 4.96. The normalized spacial score (nSPS) is 15.9. The number of halogens is 1. The number of thiophene rings is 1. The molecule has 0 radical (unpaired) electrons. The first-order valence-electron chi connectivity index (χ1n) is 10.4. The predicted octanol–water partition coefficient (Wildman–Crippen LogP) is 6.03. The van der Waals surface area contributed by atoms with Crippen molar-refractivity contribution < 1.29 is 4.79 Å². The summed E-state index contributed by atoms with van der Waals surface area (Å²) in [5, 5.41) is 17.7. The highest BCUT2D eigenvalue weighted by molar-refractivity contribution is 9.10. The number of hydrogen-bond donors (Lipinski definition) is 1. The fraction of sp³-hybridized carbons (Fsp3) is 0.375. The van der Waals surface area contributed by atoms with E-state index in [1.807, 2.05) is 35.1 Å². The minimum absolute atomic E-state index is 0.184. The van der Waals surface area contributed by atoms with Crippen LogP contribution < -0.4 is 5.32 Å². The van der Waals surface area contributed by atoms with Crippen LogP contribution in [0.1, 0.15) is 59.1 Å². The third kappa shape index (κ3) is 4.76. The van der Waals surface area contributed by atoms with Gasteiger partial charge >= 0.3 is 0 Å². The Balaban J connectivity index is 1.49. The van der Waals surface area contributed by atoms with Gasteiger partial charge < -0.3 is 5.32 Å². The van der Waals surface area contributed by atoms with Gasteiger partial charge in [-0.1, -0.05) is 32.9 Å². The molecule has 0 bridgehead atoms. The number of carbonyl (C=O) groups excluding carboxylic acids is 1. The molecule has 0 aliphatic heterocycles. The third-order valence-corrected chi connectivity index (χ3v) is 7.57. The van der Waals surface area contributed by atoms with Crippen LogP contribution in [0.15, 0.2) is 41.1 Å². The Hall–Kier alpha value is -2.43. The second-order valence-corrected chi connectivity index (χ2v) is 11.2. The van der Waals surface area contributed by atoms with Crippen molar-refractivity contribution in [3.63, 3.8) is 0 Å². The molecule has 0 spiro atoms. The van der Waals surface area contributed by atoms with Crippen LogP contribution in [-0.4, -0.2) is 15.7 Å². The van der Waals surface area contributed by atoms with E-state index in [0.29, 0.717) is 28.6 Å². The number of nitrogens with zero attached hydrogens (tertiary/aromatic N) is 3. The summed E-state index contributed by atoms with van der Waals surface area (Å²) in [6, 6.07) is 9.84. The van der Waals surface area contributed by atoms with Crippen molar-refractivity contribution >= 4 is 38.2 Å². The van der Waals surface area contributed by atoms with Crippen molar-refractivity contribution in [1.29, 1.82) is 5.26 Å². The first-order chi connectivity index (χ1) is 14.7. The molecule has 1 N–H and O–H groups in total. The topological polar surface area (TPSA) is 70.7 Å². The van der Waals surface area contributed by atoms with Crippen LogP contribution in [0, 0.1) is 22.7 Å². The summed E-state index contributed by atoms with van der Waals surface area (Å²) in [6.07, 6.45) is 6.63. The summed E-state index contributed by atoms with van der Waals surface area (Å²) in [7, 11) is 0. The monoisotopic (exact) mass is 496 g/mol. The van der Waals surface area contributed by atoms with Crippen LogP contribution in [0.25, 0.3) is 0 Å². The maximum atomic E-state index is 12.9. The summed E-state index contributed by atoms with van der Waals surface area (Å²) in [6.45, 7) is 7.47. The van der Waals surface area contributed by atoms with Crippen LogP contribution in [0.2, 0.25) is 0 Å². The van der Waals surface area contributed by atoms with E-state index in [9.17, 15) is 10.1 Å². The third-order valence-electron chi connectivity index (χ3n) is 5.99. The fourth-order valence-electron chi connectivity index (χ4n) is 4.08. The van der Waals surface area contributed by atoms with E-state index >= 15 is 0 Å². The number of nitriles is 1. The van der Waals surface area contributed by atoms with E-state index in [2.05, 4.69) is 53.2 Å². The van der Waals surface area contributed by atoms with Crippen LogP contribution in [-0.2, 0) is 19.4 Å². The van der Waals surface area contributed by atoms with Crippen LogP contribution in [0.3, 0.4) is 0 Å². The first kappa shape index (κ1) is 21.8. The number of benzene rings is 1. The molecule has 7 heteroatoms. The average Bonchev–Trinajstić information content (AvgIpc) is 3.29. The molecule has 2 heterocycles. The Morgan fingerprint density at radius 3 is 2.71 bits per heavy atom. The summed E-state index contributed by atoms with van der Waals surface area (Å²) in [5.74, 6) is 0.410. The highest BCUT2D eigenvalue weighted by atomic mass is 79.9. The van der Waals surface area contributed by atoms with Gasteiger partial charge in [-0.2, -0.15) is 10.4 Å². The lowest BCUT2D eigenvalue weighted by atomic mass is 9.72. The van der Waals surface area contributed by atoms with Crippen LogP contribution in [0.4, 0.5) is 5.00 Å². The number of amides is 1. The SMILES string of the molecule is CC(C)(C)[C@H]1CCc2c(sc(NC(=O)c3ccc(Cn4cc(Br)cn4)cc3)c2C#N)C1. The Morgan fingerprint density at radius 1 is 1.35 bits per heavy atom. The van der Waals surface area contributed by atoms with Gasteiger partial charge in [-0.05, 0) is 69.8 Å². The number of carbonyl (C=O) groups is 1. The molecule has 0 unspecified atom stereocenters. The van der Waals surface area contributed by atoms with Gasteiger partial charge in [-0.25, -0.2) is 0 Å². The van der Waals surface area contributed by atoms with Crippen molar-refractivity contribution in [2.24, 2.45) is 11.3 Å². The smallest absolute Gasteiger partial charge is 0.256 e. The Bertz CT molecular complexity index is 1150. The molecule has 4 rings (SSSR count). The number of nitrogens with one attached hydrogen (secondary N) is 1. The molecule has 5 nitrogen and oxygen atoms in total. The summed E-state index contributed by atoms with van der Waals surface area (Å²) in [4.78, 5) is 14.1. The molecule has 1 amide bonds. The fourth-order valence-corrected chi connectivity index (χ4v) is 5.68. The molecule has 1 aliphatic rings. The Morgan fingerprint density at radius 2 is 2.10 bits per heavy atom. The molecular weight excluding hydrogens is 472 g/mol. The van der Waals surface area contributed by atoms with Crippen molar-refractivity contribution in [3.8, 4) is 6.07 Å². The molecule has 3 aromatic rings. The molecule has 160 valence electrons. The molecule has 2 aromatic heterocycles. The van der Waals surface area contributed by atoms with Gasteiger partial charge in [0.15, 0.2) is 0 Å². The second-order valence-electron chi connectivity index (χ2n) is 9.13. The molecule has 0 saturated heterocycles. The standard InChI is InChI=1S/C24H25BrN4OS/c1-24(2,3)17-8-9-19-20(11-26)23(31-21(19)10-17)28-22(30)16-6-4-15(5-7-16)13-29-14-18(25)12-27-29/h4-7,12,14,17H,8-10,13H2,1-3H3,(H,28,30)/t17-/m0/s1. The van der Waals surface area contributed by atoms with Gasteiger partial charge in [0.25, 0.3) is 5.91 Å². The zero-order chi connectivity index (χ0) is 22.2. The molecule has 0 fully saturated rings. The number of anilines is 1. The van der Waals surface area contributed by atoms with E-state index in [1.54, 1.807) is 17.5 Å². The van der Waals surface area contributed by atoms with Gasteiger partial charge in [-0.15, -0.1) is 11.3 Å². The summed E-state index contributed by atoms with van der Waals surface area (Å²) in [5.41, 5.74) is 3.65. The predicted molar refractivity (Wildman–Crippen MR) is 127 cm³/mol. The van der Waals surface area contributed by atoms with E-state index in [4.69, 9.17) is 0 Å². The minimum atomic E-state index is -0.184. The van der Waals surface area contributed by atoms with Gasteiger partial charge in [-0.3, -0.25) is 9.48 Å². The molecule has 31 heavy (non-hydrogen) atoms. The zero-order valence-corrected chi connectivity index (χ0v) is 20.3. The van der Waals surface area contributed by atoms with Gasteiger partial charge in [0.2, 0.25) is 0 Å². The van der Waals surface area contributed by atoms with Crippen molar-refractivity contribution in [1.82, 2.24) is 9.78 Å². The lowest BCUT2D eigenvalue weighted by molar-refractivity contribution is 0.102. The second kappa shape index (κ2) is 8.60.